The fourth-order valence-electron chi connectivity index (χ4n) is 1.44. The predicted molar refractivity (Wildman–Crippen MR) is 70.6 cm³/mol. The second-order valence-corrected chi connectivity index (χ2v) is 4.78. The molecule has 0 bridgehead atoms. The highest BCUT2D eigenvalue weighted by molar-refractivity contribution is 6.30. The van der Waals surface area contributed by atoms with E-state index in [-0.39, 0.29) is 0 Å². The zero-order valence-corrected chi connectivity index (χ0v) is 11.5. The van der Waals surface area contributed by atoms with Gasteiger partial charge in [-0.25, -0.2) is 4.98 Å². The maximum Gasteiger partial charge on any atom is 0.276 e. The Hall–Kier alpha value is -1.50. The Bertz CT molecular complexity index is 539. The summed E-state index contributed by atoms with van der Waals surface area (Å²) >= 11 is 5.77. The number of hydrogen-bond donors (Lipinski definition) is 1. The van der Waals surface area contributed by atoms with Crippen molar-refractivity contribution in [2.75, 3.05) is 13.2 Å². The van der Waals surface area contributed by atoms with E-state index in [1.54, 1.807) is 19.1 Å². The van der Waals surface area contributed by atoms with Gasteiger partial charge in [-0.2, -0.15) is 4.98 Å². The first-order chi connectivity index (χ1) is 9.03. The van der Waals surface area contributed by atoms with Crippen molar-refractivity contribution in [2.24, 2.45) is 5.73 Å². The van der Waals surface area contributed by atoms with Crippen molar-refractivity contribution < 1.29 is 9.26 Å². The summed E-state index contributed by atoms with van der Waals surface area (Å²) in [6.45, 7) is 4.58. The summed E-state index contributed by atoms with van der Waals surface area (Å²) in [6, 6.07) is 3.41. The monoisotopic (exact) mass is 282 g/mol. The first kappa shape index (κ1) is 13.9. The van der Waals surface area contributed by atoms with Gasteiger partial charge < -0.3 is 15.0 Å². The molecule has 1 atom stereocenters. The van der Waals surface area contributed by atoms with Crippen molar-refractivity contribution in [3.05, 3.63) is 29.2 Å². The number of nitrogens with two attached hydrogens (primary N) is 1. The normalized spacial score (nSPS) is 14.3. The van der Waals surface area contributed by atoms with Crippen molar-refractivity contribution in [1.82, 2.24) is 15.1 Å². The number of nitrogens with zero attached hydrogens (tertiary/aromatic N) is 3. The molecule has 0 aliphatic heterocycles. The van der Waals surface area contributed by atoms with Crippen molar-refractivity contribution in [3.63, 3.8) is 0 Å². The average molecular weight is 283 g/mol. The molecule has 2 aromatic rings. The van der Waals surface area contributed by atoms with Gasteiger partial charge in [0.1, 0.15) is 11.2 Å². The number of rotatable bonds is 5. The first-order valence-corrected chi connectivity index (χ1v) is 6.23. The number of hydrogen-bond acceptors (Lipinski definition) is 6. The van der Waals surface area contributed by atoms with Crippen LogP contribution in [0, 0.1) is 0 Å². The van der Waals surface area contributed by atoms with Crippen LogP contribution in [-0.2, 0) is 10.3 Å². The summed E-state index contributed by atoms with van der Waals surface area (Å²) in [4.78, 5) is 8.35. The van der Waals surface area contributed by atoms with E-state index in [4.69, 9.17) is 26.6 Å². The van der Waals surface area contributed by atoms with E-state index >= 15 is 0 Å². The van der Waals surface area contributed by atoms with Crippen LogP contribution in [0.25, 0.3) is 11.6 Å². The van der Waals surface area contributed by atoms with Gasteiger partial charge in [0.2, 0.25) is 0 Å². The van der Waals surface area contributed by atoms with Crippen LogP contribution in [0.15, 0.2) is 22.9 Å². The summed E-state index contributed by atoms with van der Waals surface area (Å²) in [6.07, 6.45) is 1.52. The molecule has 102 valence electrons. The van der Waals surface area contributed by atoms with Gasteiger partial charge in [-0.15, -0.1) is 0 Å². The van der Waals surface area contributed by atoms with Crippen LogP contribution in [0.2, 0.25) is 5.02 Å². The molecule has 0 radical (unpaired) electrons. The largest absolute Gasteiger partial charge is 0.379 e. The van der Waals surface area contributed by atoms with Crippen LogP contribution in [-0.4, -0.2) is 28.3 Å². The average Bonchev–Trinajstić information content (AvgIpc) is 2.88. The molecule has 0 saturated heterocycles. The second kappa shape index (κ2) is 5.64. The van der Waals surface area contributed by atoms with E-state index in [0.717, 1.165) is 0 Å². The van der Waals surface area contributed by atoms with Crippen LogP contribution in [0.1, 0.15) is 19.7 Å². The van der Waals surface area contributed by atoms with E-state index < -0.39 is 5.54 Å². The smallest absolute Gasteiger partial charge is 0.276 e. The highest BCUT2D eigenvalue weighted by atomic mass is 35.5. The predicted octanol–water partition coefficient (Wildman–Crippen LogP) is 2.00. The molecule has 0 fully saturated rings. The van der Waals surface area contributed by atoms with Crippen molar-refractivity contribution in [2.45, 2.75) is 19.4 Å². The molecule has 0 saturated carbocycles. The third kappa shape index (κ3) is 3.28. The zero-order chi connectivity index (χ0) is 13.9. The van der Waals surface area contributed by atoms with Gasteiger partial charge in [0, 0.05) is 12.8 Å². The Balaban J connectivity index is 2.21. The molecule has 2 N–H and O–H groups in total. The minimum atomic E-state index is -0.801. The van der Waals surface area contributed by atoms with Crippen LogP contribution in [0.3, 0.4) is 0 Å². The van der Waals surface area contributed by atoms with Crippen LogP contribution < -0.4 is 5.73 Å². The molecular formula is C12H15ClN4O2. The third-order valence-corrected chi connectivity index (χ3v) is 2.71. The molecule has 0 spiro atoms. The SMILES string of the molecule is CCOCC(C)(N)c1noc(-c2ccc(Cl)cn2)n1. The zero-order valence-electron chi connectivity index (χ0n) is 10.8. The molecule has 0 amide bonds. The highest BCUT2D eigenvalue weighted by Crippen LogP contribution is 2.21. The van der Waals surface area contributed by atoms with E-state index in [0.29, 0.717) is 35.6 Å². The summed E-state index contributed by atoms with van der Waals surface area (Å²) < 4.78 is 10.5. The Morgan fingerprint density at radius 2 is 2.26 bits per heavy atom. The highest BCUT2D eigenvalue weighted by Gasteiger charge is 2.28. The first-order valence-electron chi connectivity index (χ1n) is 5.85. The Morgan fingerprint density at radius 1 is 1.47 bits per heavy atom. The van der Waals surface area contributed by atoms with Gasteiger partial charge in [-0.3, -0.25) is 0 Å². The van der Waals surface area contributed by atoms with Gasteiger partial charge in [-0.1, -0.05) is 16.8 Å². The lowest BCUT2D eigenvalue weighted by molar-refractivity contribution is 0.0962. The van der Waals surface area contributed by atoms with Crippen molar-refractivity contribution in [1.29, 1.82) is 0 Å². The molecule has 2 heterocycles. The number of aromatic nitrogens is 3. The van der Waals surface area contributed by atoms with Gasteiger partial charge in [0.25, 0.3) is 5.89 Å². The molecule has 2 rings (SSSR count). The molecule has 1 unspecified atom stereocenters. The molecule has 6 nitrogen and oxygen atoms in total. The Kier molecular flexibility index (Phi) is 4.14. The van der Waals surface area contributed by atoms with E-state index in [1.807, 2.05) is 6.92 Å². The topological polar surface area (TPSA) is 87.1 Å². The summed E-state index contributed by atoms with van der Waals surface area (Å²) in [5.41, 5.74) is 5.84. The fraction of sp³-hybridized carbons (Fsp3) is 0.417. The number of ether oxygens (including phenoxy) is 1. The third-order valence-electron chi connectivity index (χ3n) is 2.49. The minimum Gasteiger partial charge on any atom is -0.379 e. The summed E-state index contributed by atoms with van der Waals surface area (Å²) in [7, 11) is 0. The Morgan fingerprint density at radius 3 is 2.89 bits per heavy atom. The van der Waals surface area contributed by atoms with E-state index in [1.165, 1.54) is 6.20 Å². The maximum absolute atomic E-state index is 6.09. The van der Waals surface area contributed by atoms with Crippen molar-refractivity contribution in [3.8, 4) is 11.6 Å². The van der Waals surface area contributed by atoms with Gasteiger partial charge in [0.05, 0.1) is 11.6 Å². The van der Waals surface area contributed by atoms with Crippen LogP contribution >= 0.6 is 11.6 Å². The molecule has 0 aliphatic carbocycles. The van der Waals surface area contributed by atoms with E-state index in [9.17, 15) is 0 Å². The lowest BCUT2D eigenvalue weighted by Gasteiger charge is -2.19. The molecule has 2 aromatic heterocycles. The molecule has 0 aliphatic rings. The summed E-state index contributed by atoms with van der Waals surface area (Å²) in [5.74, 6) is 0.688. The molecular weight excluding hydrogens is 268 g/mol. The van der Waals surface area contributed by atoms with Gasteiger partial charge >= 0.3 is 0 Å². The van der Waals surface area contributed by atoms with Crippen LogP contribution in [0.4, 0.5) is 0 Å². The standard InChI is InChI=1S/C12H15ClN4O2/c1-3-18-7-12(2,14)11-16-10(19-17-11)9-5-4-8(13)6-15-9/h4-6H,3,7,14H2,1-2H3. The molecule has 7 heteroatoms. The quantitative estimate of drug-likeness (QED) is 0.902. The molecule has 19 heavy (non-hydrogen) atoms. The molecule has 0 aromatic carbocycles. The van der Waals surface area contributed by atoms with Gasteiger partial charge in [-0.05, 0) is 26.0 Å². The minimum absolute atomic E-state index is 0.305. The lowest BCUT2D eigenvalue weighted by atomic mass is 10.1. The number of pyridine rings is 1. The van der Waals surface area contributed by atoms with Crippen molar-refractivity contribution >= 4 is 11.6 Å². The van der Waals surface area contributed by atoms with Crippen LogP contribution in [0.5, 0.6) is 0 Å². The lowest BCUT2D eigenvalue weighted by Crippen LogP contribution is -2.39. The summed E-state index contributed by atoms with van der Waals surface area (Å²) in [5, 5.41) is 4.42. The maximum atomic E-state index is 6.09. The van der Waals surface area contributed by atoms with Gasteiger partial charge in [0.15, 0.2) is 5.82 Å². The second-order valence-electron chi connectivity index (χ2n) is 4.34. The Labute approximate surface area is 115 Å². The van der Waals surface area contributed by atoms with E-state index in [2.05, 4.69) is 15.1 Å². The fourth-order valence-corrected chi connectivity index (χ4v) is 1.55. The number of halogens is 1.